The molecule has 0 aliphatic rings. The molecule has 0 spiro atoms. The van der Waals surface area contributed by atoms with Crippen molar-refractivity contribution < 1.29 is 14.3 Å². The van der Waals surface area contributed by atoms with Gasteiger partial charge in [0.05, 0.1) is 7.11 Å². The van der Waals surface area contributed by atoms with Gasteiger partial charge >= 0.3 is 0 Å². The summed E-state index contributed by atoms with van der Waals surface area (Å²) in [7, 11) is 1.58. The fourth-order valence-corrected chi connectivity index (χ4v) is 2.61. The third kappa shape index (κ3) is 3.95. The molecular weight excluding hydrogens is 324 g/mol. The zero-order valence-corrected chi connectivity index (χ0v) is 14.4. The number of carbonyl (C=O) groups is 2. The lowest BCUT2D eigenvalue weighted by atomic mass is 9.94. The van der Waals surface area contributed by atoms with E-state index >= 15 is 0 Å². The molecule has 3 rings (SSSR count). The second kappa shape index (κ2) is 8.08. The molecule has 128 valence electrons. The van der Waals surface area contributed by atoms with Gasteiger partial charge in [-0.1, -0.05) is 72.8 Å². The van der Waals surface area contributed by atoms with Gasteiger partial charge in [-0.25, -0.2) is 0 Å². The van der Waals surface area contributed by atoms with Crippen molar-refractivity contribution in [1.82, 2.24) is 0 Å². The molecule has 0 atom stereocenters. The lowest BCUT2D eigenvalue weighted by Gasteiger charge is -2.09. The average Bonchev–Trinajstić information content (AvgIpc) is 2.73. The summed E-state index contributed by atoms with van der Waals surface area (Å²) in [5, 5.41) is 0. The Labute approximate surface area is 152 Å². The number of allylic oxidation sites excluding steroid dienone is 2. The van der Waals surface area contributed by atoms with Gasteiger partial charge in [0.1, 0.15) is 5.75 Å². The van der Waals surface area contributed by atoms with Gasteiger partial charge in [-0.2, -0.15) is 0 Å². The van der Waals surface area contributed by atoms with Crippen LogP contribution >= 0.6 is 0 Å². The molecule has 3 aromatic rings. The second-order valence-electron chi connectivity index (χ2n) is 5.71. The van der Waals surface area contributed by atoms with E-state index in [0.29, 0.717) is 28.0 Å². The molecular formula is C23H18O3. The van der Waals surface area contributed by atoms with Crippen LogP contribution in [-0.4, -0.2) is 18.7 Å². The highest BCUT2D eigenvalue weighted by Gasteiger charge is 2.16. The minimum atomic E-state index is -0.208. The van der Waals surface area contributed by atoms with Crippen LogP contribution in [0.2, 0.25) is 0 Å². The summed E-state index contributed by atoms with van der Waals surface area (Å²) in [4.78, 5) is 25.6. The van der Waals surface area contributed by atoms with Gasteiger partial charge in [0.25, 0.3) is 0 Å². The number of benzene rings is 3. The molecule has 0 aromatic heterocycles. The Bertz CT molecular complexity index is 924. The van der Waals surface area contributed by atoms with Crippen molar-refractivity contribution in [2.45, 2.75) is 0 Å². The number of ether oxygens (including phenoxy) is 1. The number of hydrogen-bond acceptors (Lipinski definition) is 3. The van der Waals surface area contributed by atoms with Crippen molar-refractivity contribution in [3.63, 3.8) is 0 Å². The SMILES string of the molecule is COc1ccc(/C(=C\C(=O)c2ccccc2)C(=O)c2ccccc2)cc1. The summed E-state index contributed by atoms with van der Waals surface area (Å²) >= 11 is 0. The zero-order valence-electron chi connectivity index (χ0n) is 14.4. The summed E-state index contributed by atoms with van der Waals surface area (Å²) in [6, 6.07) is 25.0. The minimum Gasteiger partial charge on any atom is -0.497 e. The first-order valence-corrected chi connectivity index (χ1v) is 8.24. The van der Waals surface area contributed by atoms with Crippen molar-refractivity contribution in [2.24, 2.45) is 0 Å². The van der Waals surface area contributed by atoms with Gasteiger partial charge in [0.15, 0.2) is 11.6 Å². The average molecular weight is 342 g/mol. The molecule has 0 fully saturated rings. The van der Waals surface area contributed by atoms with Crippen LogP contribution in [0.3, 0.4) is 0 Å². The standard InChI is InChI=1S/C23H18O3/c1-26-20-14-12-17(13-15-20)21(23(25)19-10-6-3-7-11-19)16-22(24)18-8-4-2-5-9-18/h2-16H,1H3/b21-16+. The van der Waals surface area contributed by atoms with E-state index in [2.05, 4.69) is 0 Å². The Balaban J connectivity index is 2.04. The highest BCUT2D eigenvalue weighted by atomic mass is 16.5. The summed E-state index contributed by atoms with van der Waals surface area (Å²) < 4.78 is 5.17. The van der Waals surface area contributed by atoms with Crippen molar-refractivity contribution in [2.75, 3.05) is 7.11 Å². The monoisotopic (exact) mass is 342 g/mol. The molecule has 0 N–H and O–H groups in total. The maximum Gasteiger partial charge on any atom is 0.193 e. The van der Waals surface area contributed by atoms with Crippen LogP contribution in [0.5, 0.6) is 5.75 Å². The topological polar surface area (TPSA) is 43.4 Å². The van der Waals surface area contributed by atoms with Crippen molar-refractivity contribution >= 4 is 17.1 Å². The third-order valence-corrected chi connectivity index (χ3v) is 4.02. The number of Topliss-reactive ketones (excluding diaryl/α,β-unsaturated/α-hetero) is 1. The maximum absolute atomic E-state index is 13.0. The van der Waals surface area contributed by atoms with Crippen molar-refractivity contribution in [3.05, 3.63) is 108 Å². The van der Waals surface area contributed by atoms with E-state index in [1.165, 1.54) is 6.08 Å². The Hall–Kier alpha value is -3.46. The molecule has 0 saturated carbocycles. The number of carbonyl (C=O) groups excluding carboxylic acids is 2. The first-order chi connectivity index (χ1) is 12.7. The van der Waals surface area contributed by atoms with E-state index in [-0.39, 0.29) is 11.6 Å². The number of methoxy groups -OCH3 is 1. The molecule has 0 aliphatic carbocycles. The Morgan fingerprint density at radius 3 is 1.77 bits per heavy atom. The van der Waals surface area contributed by atoms with Crippen LogP contribution in [0, 0.1) is 0 Å². The van der Waals surface area contributed by atoms with Gasteiger partial charge in [0.2, 0.25) is 0 Å². The molecule has 0 unspecified atom stereocenters. The maximum atomic E-state index is 13.0. The molecule has 0 heterocycles. The minimum absolute atomic E-state index is 0.194. The normalized spacial score (nSPS) is 11.0. The van der Waals surface area contributed by atoms with Gasteiger partial charge in [-0.15, -0.1) is 0 Å². The zero-order chi connectivity index (χ0) is 18.4. The van der Waals surface area contributed by atoms with E-state index in [9.17, 15) is 9.59 Å². The van der Waals surface area contributed by atoms with Crippen molar-refractivity contribution in [3.8, 4) is 5.75 Å². The smallest absolute Gasteiger partial charge is 0.193 e. The molecule has 3 heteroatoms. The van der Waals surface area contributed by atoms with Crippen LogP contribution in [0.25, 0.3) is 5.57 Å². The van der Waals surface area contributed by atoms with Crippen LogP contribution in [0.15, 0.2) is 91.0 Å². The first kappa shape index (κ1) is 17.4. The van der Waals surface area contributed by atoms with Crippen LogP contribution in [0.4, 0.5) is 0 Å². The highest BCUT2D eigenvalue weighted by molar-refractivity contribution is 6.32. The van der Waals surface area contributed by atoms with Gasteiger partial charge in [-0.3, -0.25) is 9.59 Å². The second-order valence-corrected chi connectivity index (χ2v) is 5.71. The fraction of sp³-hybridized carbons (Fsp3) is 0.0435. The summed E-state index contributed by atoms with van der Waals surface area (Å²) in [5.41, 5.74) is 2.10. The largest absolute Gasteiger partial charge is 0.497 e. The first-order valence-electron chi connectivity index (χ1n) is 8.24. The predicted molar refractivity (Wildman–Crippen MR) is 103 cm³/mol. The lowest BCUT2D eigenvalue weighted by molar-refractivity contribution is 0.102. The summed E-state index contributed by atoms with van der Waals surface area (Å²) in [5.74, 6) is 0.287. The van der Waals surface area contributed by atoms with Crippen LogP contribution in [-0.2, 0) is 0 Å². The Morgan fingerprint density at radius 2 is 1.23 bits per heavy atom. The van der Waals surface area contributed by atoms with Crippen LogP contribution in [0.1, 0.15) is 26.3 Å². The number of rotatable bonds is 6. The van der Waals surface area contributed by atoms with E-state index in [4.69, 9.17) is 4.74 Å². The summed E-state index contributed by atoms with van der Waals surface area (Å²) in [6.45, 7) is 0. The fourth-order valence-electron chi connectivity index (χ4n) is 2.61. The van der Waals surface area contributed by atoms with Gasteiger partial charge < -0.3 is 4.74 Å². The number of hydrogen-bond donors (Lipinski definition) is 0. The van der Waals surface area contributed by atoms with Gasteiger partial charge in [0, 0.05) is 16.7 Å². The molecule has 0 aliphatic heterocycles. The summed E-state index contributed by atoms with van der Waals surface area (Å²) in [6.07, 6.45) is 1.41. The van der Waals surface area contributed by atoms with Crippen molar-refractivity contribution in [1.29, 1.82) is 0 Å². The molecule has 0 amide bonds. The molecule has 0 saturated heterocycles. The lowest BCUT2D eigenvalue weighted by Crippen LogP contribution is -2.06. The third-order valence-electron chi connectivity index (χ3n) is 4.02. The Morgan fingerprint density at radius 1 is 0.692 bits per heavy atom. The number of ketones is 2. The molecule has 0 radical (unpaired) electrons. The molecule has 3 nitrogen and oxygen atoms in total. The van der Waals surface area contributed by atoms with Gasteiger partial charge in [-0.05, 0) is 23.8 Å². The highest BCUT2D eigenvalue weighted by Crippen LogP contribution is 2.23. The quantitative estimate of drug-likeness (QED) is 0.475. The van der Waals surface area contributed by atoms with E-state index in [0.717, 1.165) is 0 Å². The molecule has 3 aromatic carbocycles. The molecule has 0 bridgehead atoms. The van der Waals surface area contributed by atoms with E-state index < -0.39 is 0 Å². The predicted octanol–water partition coefficient (Wildman–Crippen LogP) is 4.84. The van der Waals surface area contributed by atoms with E-state index in [1.54, 1.807) is 79.9 Å². The van der Waals surface area contributed by atoms with E-state index in [1.807, 2.05) is 12.1 Å². The Kier molecular flexibility index (Phi) is 5.40. The van der Waals surface area contributed by atoms with Crippen LogP contribution < -0.4 is 4.74 Å². The molecule has 26 heavy (non-hydrogen) atoms.